The Morgan fingerprint density at radius 3 is 2.52 bits per heavy atom. The van der Waals surface area contributed by atoms with Crippen molar-refractivity contribution in [2.45, 2.75) is 65.5 Å². The van der Waals surface area contributed by atoms with Crippen LogP contribution in [0.25, 0.3) is 0 Å². The first kappa shape index (κ1) is 25.1. The molecule has 0 aromatic carbocycles. The Labute approximate surface area is 184 Å². The number of allylic oxidation sites excluding steroid dienone is 9. The maximum atomic E-state index is 14.9. The van der Waals surface area contributed by atoms with Gasteiger partial charge in [-0.05, 0) is 71.1 Å². The molecule has 2 aliphatic rings. The van der Waals surface area contributed by atoms with E-state index in [0.717, 1.165) is 36.2 Å². The normalized spacial score (nSPS) is 21.1. The van der Waals surface area contributed by atoms with Crippen LogP contribution < -0.4 is 11.1 Å². The zero-order chi connectivity index (χ0) is 23.1. The zero-order valence-corrected chi connectivity index (χ0v) is 19.4. The molecule has 1 saturated heterocycles. The van der Waals surface area contributed by atoms with Crippen molar-refractivity contribution >= 4 is 0 Å². The van der Waals surface area contributed by atoms with Crippen LogP contribution in [0.1, 0.15) is 59.3 Å². The van der Waals surface area contributed by atoms with Crippen LogP contribution in [0.2, 0.25) is 0 Å². The lowest BCUT2D eigenvalue weighted by Crippen LogP contribution is -2.46. The molecule has 0 radical (unpaired) electrons. The van der Waals surface area contributed by atoms with E-state index in [1.54, 1.807) is 12.2 Å². The summed E-state index contributed by atoms with van der Waals surface area (Å²) in [6.07, 6.45) is 7.68. The lowest BCUT2D eigenvalue weighted by molar-refractivity contribution is -0.329. The molecule has 6 nitrogen and oxygen atoms in total. The van der Waals surface area contributed by atoms with Gasteiger partial charge in [0.05, 0.1) is 5.70 Å². The number of hydrogen-bond donors (Lipinski definition) is 3. The third-order valence-electron chi connectivity index (χ3n) is 5.92. The monoisotopic (exact) mass is 437 g/mol. The molecule has 31 heavy (non-hydrogen) atoms. The highest BCUT2D eigenvalue weighted by atomic mass is 19.2. The van der Waals surface area contributed by atoms with Crippen molar-refractivity contribution in [1.82, 2.24) is 20.6 Å². The van der Waals surface area contributed by atoms with E-state index in [9.17, 15) is 14.1 Å². The largest absolute Gasteiger partial charge is 0.401 e. The number of halogens is 2. The van der Waals surface area contributed by atoms with Crippen LogP contribution in [-0.4, -0.2) is 47.3 Å². The number of nitrogens with zero attached hydrogens (tertiary/aromatic N) is 3. The van der Waals surface area contributed by atoms with Gasteiger partial charge in [-0.15, -0.1) is 5.23 Å². The Morgan fingerprint density at radius 2 is 1.94 bits per heavy atom. The Kier molecular flexibility index (Phi) is 9.28. The molecule has 0 amide bonds. The summed E-state index contributed by atoms with van der Waals surface area (Å²) in [5.74, 6) is -0.394. The third kappa shape index (κ3) is 6.92. The molecule has 174 valence electrons. The van der Waals surface area contributed by atoms with Crippen LogP contribution in [0, 0.1) is 0 Å². The van der Waals surface area contributed by atoms with Crippen molar-refractivity contribution in [3.8, 4) is 0 Å². The molecule has 1 atom stereocenters. The van der Waals surface area contributed by atoms with E-state index in [2.05, 4.69) is 12.2 Å². The van der Waals surface area contributed by atoms with Crippen LogP contribution in [0.15, 0.2) is 57.9 Å². The Morgan fingerprint density at radius 1 is 1.23 bits per heavy atom. The molecular weight excluding hydrogens is 400 g/mol. The summed E-state index contributed by atoms with van der Waals surface area (Å²) in [4.78, 5) is 2.02. The van der Waals surface area contributed by atoms with Crippen LogP contribution in [0.4, 0.5) is 8.87 Å². The van der Waals surface area contributed by atoms with Crippen LogP contribution >= 0.6 is 0 Å². The topological polar surface area (TPSA) is 68.0 Å². The minimum atomic E-state index is -0.504. The molecule has 1 fully saturated rings. The highest BCUT2D eigenvalue weighted by Crippen LogP contribution is 2.30. The minimum absolute atomic E-state index is 0.0532. The van der Waals surface area contributed by atoms with Gasteiger partial charge in [0.15, 0.2) is 0 Å². The van der Waals surface area contributed by atoms with Gasteiger partial charge in [0, 0.05) is 31.9 Å². The van der Waals surface area contributed by atoms with E-state index in [1.807, 2.05) is 32.8 Å². The molecule has 8 heteroatoms. The molecule has 1 aliphatic carbocycles. The van der Waals surface area contributed by atoms with Gasteiger partial charge < -0.3 is 10.6 Å². The van der Waals surface area contributed by atoms with Crippen LogP contribution in [0.3, 0.4) is 0 Å². The molecule has 0 spiro atoms. The maximum Gasteiger partial charge on any atom is 0.109 e. The number of nitrogens with two attached hydrogens (primary N) is 1. The summed E-state index contributed by atoms with van der Waals surface area (Å²) in [5, 5.41) is 13.8. The van der Waals surface area contributed by atoms with Gasteiger partial charge in [0.2, 0.25) is 0 Å². The second-order valence-electron chi connectivity index (χ2n) is 8.58. The smallest absolute Gasteiger partial charge is 0.109 e. The molecular formula is C23H37F2N5O. The van der Waals surface area contributed by atoms with Crippen molar-refractivity contribution in [2.24, 2.45) is 5.73 Å². The Bertz CT molecular complexity index is 788. The number of hydrazine groups is 1. The molecule has 0 saturated carbocycles. The van der Waals surface area contributed by atoms with E-state index >= 15 is 0 Å². The highest BCUT2D eigenvalue weighted by molar-refractivity contribution is 5.36. The van der Waals surface area contributed by atoms with Crippen molar-refractivity contribution in [3.05, 3.63) is 57.9 Å². The second kappa shape index (κ2) is 11.5. The first-order chi connectivity index (χ1) is 14.6. The fourth-order valence-corrected chi connectivity index (χ4v) is 3.83. The third-order valence-corrected chi connectivity index (χ3v) is 5.92. The van der Waals surface area contributed by atoms with Gasteiger partial charge in [-0.1, -0.05) is 33.0 Å². The quantitative estimate of drug-likeness (QED) is 0.273. The van der Waals surface area contributed by atoms with E-state index in [-0.39, 0.29) is 17.3 Å². The zero-order valence-electron chi connectivity index (χ0n) is 19.4. The summed E-state index contributed by atoms with van der Waals surface area (Å²) >= 11 is 0. The summed E-state index contributed by atoms with van der Waals surface area (Å²) < 4.78 is 29.6. The summed E-state index contributed by atoms with van der Waals surface area (Å²) in [5.41, 5.74) is 10.7. The lowest BCUT2D eigenvalue weighted by atomic mass is 9.97. The lowest BCUT2D eigenvalue weighted by Gasteiger charge is -2.29. The van der Waals surface area contributed by atoms with Gasteiger partial charge in [-0.25, -0.2) is 4.39 Å². The van der Waals surface area contributed by atoms with E-state index < -0.39 is 12.0 Å². The molecule has 1 unspecified atom stereocenters. The Hall–Kier alpha value is -2.16. The van der Waals surface area contributed by atoms with Crippen LogP contribution in [-0.2, 0) is 0 Å². The van der Waals surface area contributed by atoms with Gasteiger partial charge in [0.1, 0.15) is 12.0 Å². The minimum Gasteiger partial charge on any atom is -0.401 e. The predicted octanol–water partition coefficient (Wildman–Crippen LogP) is 4.81. The van der Waals surface area contributed by atoms with Crippen molar-refractivity contribution in [3.63, 3.8) is 0 Å². The molecule has 1 aliphatic heterocycles. The molecule has 0 aromatic heterocycles. The average molecular weight is 438 g/mol. The maximum absolute atomic E-state index is 14.9. The van der Waals surface area contributed by atoms with Crippen molar-refractivity contribution in [1.29, 1.82) is 0 Å². The van der Waals surface area contributed by atoms with E-state index in [1.165, 1.54) is 11.6 Å². The van der Waals surface area contributed by atoms with E-state index in [4.69, 9.17) is 5.73 Å². The number of rotatable bonds is 9. The van der Waals surface area contributed by atoms with Gasteiger partial charge in [0.25, 0.3) is 0 Å². The predicted molar refractivity (Wildman–Crippen MR) is 120 cm³/mol. The first-order valence-electron chi connectivity index (χ1n) is 10.8. The first-order valence-corrected chi connectivity index (χ1v) is 10.8. The summed E-state index contributed by atoms with van der Waals surface area (Å²) in [6.45, 7) is 6.67. The molecule has 0 aromatic rings. The molecule has 0 bridgehead atoms. The van der Waals surface area contributed by atoms with Crippen LogP contribution in [0.5, 0.6) is 0 Å². The van der Waals surface area contributed by atoms with Crippen molar-refractivity contribution < 1.29 is 14.1 Å². The number of hydrogen-bond acceptors (Lipinski definition) is 6. The van der Waals surface area contributed by atoms with Gasteiger partial charge in [-0.3, -0.25) is 10.5 Å². The number of hydroxylamine groups is 1. The number of nitrogens with one attached hydrogen (secondary N) is 1. The van der Waals surface area contributed by atoms with Gasteiger partial charge in [-0.2, -0.15) is 0 Å². The second-order valence-corrected chi connectivity index (χ2v) is 8.58. The Balaban J connectivity index is 2.04. The standard InChI is InChI=1S/C23H37F2N5O/c1-16(11-12-22(18(3)26)28(4)5)17(2)14-19-8-6-9-20(15-21(19)24)29(25)30(31)23-10-7-13-27-23/h6,8-9,23,27,31H,7,10-15,26H2,1-5H3/b17-16+,22-18-. The fraction of sp³-hybridized carbons (Fsp3) is 0.565. The fourth-order valence-electron chi connectivity index (χ4n) is 3.83. The summed E-state index contributed by atoms with van der Waals surface area (Å²) in [6, 6.07) is 0. The van der Waals surface area contributed by atoms with E-state index in [0.29, 0.717) is 30.1 Å². The SMILES string of the molecule is C/C(N)=C(\CC/C(C)=C(\C)CC1=C(F)CC(N(F)N(O)C2CCCN2)=CC=C1)N(C)C. The molecule has 2 rings (SSSR count). The summed E-state index contributed by atoms with van der Waals surface area (Å²) in [7, 11) is 3.95. The van der Waals surface area contributed by atoms with Gasteiger partial charge >= 0.3 is 0 Å². The molecule has 4 N–H and O–H groups in total. The van der Waals surface area contributed by atoms with Crippen molar-refractivity contribution in [2.75, 3.05) is 20.6 Å². The average Bonchev–Trinajstić information content (AvgIpc) is 3.18. The molecule has 1 heterocycles. The highest BCUT2D eigenvalue weighted by Gasteiger charge is 2.28.